The van der Waals surface area contributed by atoms with Gasteiger partial charge in [0.15, 0.2) is 0 Å². The summed E-state index contributed by atoms with van der Waals surface area (Å²) in [5.74, 6) is 0. The normalized spacial score (nSPS) is 27.3. The maximum atomic E-state index is 9.44. The molecule has 2 unspecified atom stereocenters. The molecule has 3 aliphatic carbocycles. The molecule has 0 heterocycles. The van der Waals surface area contributed by atoms with Gasteiger partial charge in [-0.15, -0.1) is 0 Å². The van der Waals surface area contributed by atoms with Gasteiger partial charge in [0.1, 0.15) is 35.4 Å². The molecular weight excluding hydrogens is 468 g/mol. The molecule has 0 aliphatic heterocycles. The first-order chi connectivity index (χ1) is 17.6. The number of hydrogen-bond donors (Lipinski definition) is 2. The monoisotopic (exact) mass is 510 g/mol. The first-order valence-corrected chi connectivity index (χ1v) is 13.6. The molecule has 0 radical (unpaired) electrons. The highest BCUT2D eigenvalue weighted by Gasteiger charge is 2.42. The van der Waals surface area contributed by atoms with Crippen molar-refractivity contribution in [1.82, 2.24) is 10.6 Å². The molecule has 0 aromatic heterocycles. The molecule has 2 atom stereocenters. The van der Waals surface area contributed by atoms with E-state index in [1.807, 2.05) is 12.2 Å². The van der Waals surface area contributed by atoms with E-state index in [1.54, 1.807) is 0 Å². The Labute approximate surface area is 229 Å². The van der Waals surface area contributed by atoms with Crippen LogP contribution in [0.25, 0.3) is 0 Å². The molecule has 3 rings (SSSR count). The lowest BCUT2D eigenvalue weighted by Gasteiger charge is -2.48. The van der Waals surface area contributed by atoms with Crippen molar-refractivity contribution in [2.45, 2.75) is 99.5 Å². The minimum atomic E-state index is -0.0163. The Morgan fingerprint density at radius 3 is 1.68 bits per heavy atom. The van der Waals surface area contributed by atoms with E-state index in [9.17, 15) is 21.0 Å². The molecule has 6 heteroatoms. The zero-order chi connectivity index (χ0) is 28.4. The first kappa shape index (κ1) is 29.1. The van der Waals surface area contributed by atoms with Crippen molar-refractivity contribution in [1.29, 1.82) is 21.0 Å². The van der Waals surface area contributed by atoms with Gasteiger partial charge < -0.3 is 10.6 Å². The molecule has 2 N–H and O–H groups in total. The SMILES string of the molecule is CC1(C)CC(NCC2(C)CC(NC3=CC(=C(C#N)C#N)CC(C)(C)C3)CC(C)(C)C2)=CC(=C(C#N)C#N)C1. The van der Waals surface area contributed by atoms with Gasteiger partial charge in [0.2, 0.25) is 0 Å². The van der Waals surface area contributed by atoms with E-state index in [2.05, 4.69) is 83.4 Å². The third-order valence-electron chi connectivity index (χ3n) is 8.04. The first-order valence-electron chi connectivity index (χ1n) is 13.6. The number of rotatable bonds is 5. The second kappa shape index (κ2) is 10.7. The molecule has 0 aromatic carbocycles. The van der Waals surface area contributed by atoms with Crippen LogP contribution in [-0.2, 0) is 0 Å². The summed E-state index contributed by atoms with van der Waals surface area (Å²) in [7, 11) is 0. The van der Waals surface area contributed by atoms with Crippen molar-refractivity contribution in [2.24, 2.45) is 21.7 Å². The van der Waals surface area contributed by atoms with E-state index in [4.69, 9.17) is 0 Å². The van der Waals surface area contributed by atoms with Crippen LogP contribution >= 0.6 is 0 Å². The van der Waals surface area contributed by atoms with Gasteiger partial charge in [-0.05, 0) is 89.9 Å². The fourth-order valence-corrected chi connectivity index (χ4v) is 7.14. The van der Waals surface area contributed by atoms with Crippen molar-refractivity contribution in [2.75, 3.05) is 6.54 Å². The van der Waals surface area contributed by atoms with Gasteiger partial charge >= 0.3 is 0 Å². The highest BCUT2D eigenvalue weighted by molar-refractivity contribution is 5.48. The quantitative estimate of drug-likeness (QED) is 0.390. The average molecular weight is 511 g/mol. The van der Waals surface area contributed by atoms with Crippen LogP contribution in [-0.4, -0.2) is 12.6 Å². The molecular formula is C32H42N6. The third-order valence-corrected chi connectivity index (χ3v) is 8.04. The van der Waals surface area contributed by atoms with E-state index >= 15 is 0 Å². The standard InChI is InChI=1S/C32H42N6/c1-29(2)10-22(24(16-33)17-34)8-26(12-29)37-21-32(7)15-28(14-31(5,6)20-32)38-27-9-23(25(18-35)19-36)11-30(3,4)13-27/h8-9,28,37-38H,10-15,20-21H2,1-7H3. The van der Waals surface area contributed by atoms with Gasteiger partial charge in [0.25, 0.3) is 0 Å². The Hall–Kier alpha value is -3.48. The van der Waals surface area contributed by atoms with E-state index in [0.29, 0.717) is 0 Å². The summed E-state index contributed by atoms with van der Waals surface area (Å²) < 4.78 is 0. The van der Waals surface area contributed by atoms with E-state index in [-0.39, 0.29) is 38.8 Å². The lowest BCUT2D eigenvalue weighted by molar-refractivity contribution is 0.0738. The molecule has 0 saturated heterocycles. The topological polar surface area (TPSA) is 119 Å². The number of nitriles is 4. The van der Waals surface area contributed by atoms with E-state index in [0.717, 1.165) is 74.0 Å². The minimum Gasteiger partial charge on any atom is -0.388 e. The van der Waals surface area contributed by atoms with Crippen molar-refractivity contribution < 1.29 is 0 Å². The van der Waals surface area contributed by atoms with Crippen molar-refractivity contribution >= 4 is 0 Å². The fourth-order valence-electron chi connectivity index (χ4n) is 7.14. The second-order valence-corrected chi connectivity index (χ2v) is 14.4. The largest absolute Gasteiger partial charge is 0.388 e. The van der Waals surface area contributed by atoms with Crippen LogP contribution in [0.15, 0.2) is 45.8 Å². The molecule has 1 saturated carbocycles. The summed E-state index contributed by atoms with van der Waals surface area (Å²) in [5, 5.41) is 45.3. The van der Waals surface area contributed by atoms with Gasteiger partial charge in [-0.1, -0.05) is 48.5 Å². The summed E-state index contributed by atoms with van der Waals surface area (Å²) in [6, 6.07) is 8.57. The average Bonchev–Trinajstić information content (AvgIpc) is 2.76. The Bertz CT molecular complexity index is 1230. The molecule has 200 valence electrons. The highest BCUT2D eigenvalue weighted by atomic mass is 15.0. The molecule has 1 fully saturated rings. The fraction of sp³-hybridized carbons (Fsp3) is 0.625. The summed E-state index contributed by atoms with van der Waals surface area (Å²) in [4.78, 5) is 0. The molecule has 6 nitrogen and oxygen atoms in total. The van der Waals surface area contributed by atoms with Crippen molar-refractivity contribution in [3.63, 3.8) is 0 Å². The second-order valence-electron chi connectivity index (χ2n) is 14.4. The summed E-state index contributed by atoms with van der Waals surface area (Å²) in [6.45, 7) is 16.6. The van der Waals surface area contributed by atoms with Crippen LogP contribution in [0.5, 0.6) is 0 Å². The maximum absolute atomic E-state index is 9.44. The highest BCUT2D eigenvalue weighted by Crippen LogP contribution is 2.47. The number of hydrogen-bond acceptors (Lipinski definition) is 6. The maximum Gasteiger partial charge on any atom is 0.132 e. The van der Waals surface area contributed by atoms with Gasteiger partial charge in [-0.2, -0.15) is 21.0 Å². The summed E-state index contributed by atoms with van der Waals surface area (Å²) >= 11 is 0. The zero-order valence-electron chi connectivity index (χ0n) is 24.2. The lowest BCUT2D eigenvalue weighted by Crippen LogP contribution is -2.48. The molecule has 0 aromatic rings. The van der Waals surface area contributed by atoms with Gasteiger partial charge in [0, 0.05) is 24.0 Å². The van der Waals surface area contributed by atoms with Gasteiger partial charge in [-0.3, -0.25) is 0 Å². The predicted molar refractivity (Wildman–Crippen MR) is 149 cm³/mol. The van der Waals surface area contributed by atoms with Crippen LogP contribution in [0, 0.1) is 67.0 Å². The van der Waals surface area contributed by atoms with E-state index in [1.165, 1.54) is 0 Å². The number of nitrogens with one attached hydrogen (secondary N) is 2. The predicted octanol–water partition coefficient (Wildman–Crippen LogP) is 6.85. The van der Waals surface area contributed by atoms with Crippen LogP contribution in [0.2, 0.25) is 0 Å². The third kappa shape index (κ3) is 7.30. The Morgan fingerprint density at radius 1 is 0.711 bits per heavy atom. The van der Waals surface area contributed by atoms with Crippen LogP contribution < -0.4 is 10.6 Å². The Morgan fingerprint density at radius 2 is 1.18 bits per heavy atom. The number of allylic oxidation sites excluding steroid dienone is 8. The van der Waals surface area contributed by atoms with Crippen LogP contribution in [0.4, 0.5) is 0 Å². The van der Waals surface area contributed by atoms with Crippen molar-refractivity contribution in [3.05, 3.63) is 45.8 Å². The van der Waals surface area contributed by atoms with Gasteiger partial charge in [-0.25, -0.2) is 0 Å². The Kier molecular flexibility index (Phi) is 8.20. The van der Waals surface area contributed by atoms with Crippen molar-refractivity contribution in [3.8, 4) is 24.3 Å². The Balaban J connectivity index is 1.81. The minimum absolute atomic E-state index is 0.0145. The lowest BCUT2D eigenvalue weighted by atomic mass is 9.62. The zero-order valence-corrected chi connectivity index (χ0v) is 24.2. The van der Waals surface area contributed by atoms with E-state index < -0.39 is 0 Å². The smallest absolute Gasteiger partial charge is 0.132 e. The van der Waals surface area contributed by atoms with Crippen LogP contribution in [0.1, 0.15) is 93.4 Å². The molecule has 0 spiro atoms. The van der Waals surface area contributed by atoms with Crippen LogP contribution in [0.3, 0.4) is 0 Å². The molecule has 38 heavy (non-hydrogen) atoms. The molecule has 0 bridgehead atoms. The number of nitrogens with zero attached hydrogens (tertiary/aromatic N) is 4. The molecule has 0 amide bonds. The molecule has 3 aliphatic rings. The summed E-state index contributed by atoms with van der Waals surface area (Å²) in [6.07, 6.45) is 10.4. The summed E-state index contributed by atoms with van der Waals surface area (Å²) in [5.41, 5.74) is 4.46. The van der Waals surface area contributed by atoms with Gasteiger partial charge in [0.05, 0.1) is 0 Å².